The van der Waals surface area contributed by atoms with E-state index in [1.807, 2.05) is 13.0 Å². The van der Waals surface area contributed by atoms with E-state index in [9.17, 15) is 4.79 Å². The second kappa shape index (κ2) is 10.8. The van der Waals surface area contributed by atoms with Crippen molar-refractivity contribution >= 4 is 33.5 Å². The first-order chi connectivity index (χ1) is 13.0. The fourth-order valence-corrected chi connectivity index (χ4v) is 2.52. The van der Waals surface area contributed by atoms with Crippen LogP contribution in [0.1, 0.15) is 5.69 Å². The van der Waals surface area contributed by atoms with Crippen LogP contribution >= 0.6 is 15.9 Å². The van der Waals surface area contributed by atoms with Crippen LogP contribution in [0.2, 0.25) is 0 Å². The number of amides is 2. The van der Waals surface area contributed by atoms with Gasteiger partial charge in [0, 0.05) is 17.6 Å². The minimum Gasteiger partial charge on any atom is -0.495 e. The van der Waals surface area contributed by atoms with Gasteiger partial charge in [0.2, 0.25) is 0 Å². The number of aromatic nitrogens is 2. The molecule has 1 aromatic heterocycles. The number of likely N-dealkylation sites (N-methyl/N-ethyl adjacent to an activating group) is 1. The van der Waals surface area contributed by atoms with Crippen molar-refractivity contribution in [1.82, 2.24) is 14.9 Å². The topological polar surface area (TPSA) is 88.6 Å². The summed E-state index contributed by atoms with van der Waals surface area (Å²) in [5, 5.41) is 5.29. The number of aryl methyl sites for hydroxylation is 1. The van der Waals surface area contributed by atoms with E-state index in [1.165, 1.54) is 13.3 Å². The minimum atomic E-state index is -0.417. The molecular weight excluding hydrogens is 414 g/mol. The number of ether oxygens (including phenoxy) is 2. The number of nitrogens with one attached hydrogen (secondary N) is 2. The lowest BCUT2D eigenvalue weighted by Crippen LogP contribution is -2.32. The third-order valence-electron chi connectivity index (χ3n) is 3.67. The molecule has 0 spiro atoms. The minimum absolute atomic E-state index is 0.377. The molecule has 2 N–H and O–H groups in total. The lowest BCUT2D eigenvalue weighted by Gasteiger charge is -2.21. The van der Waals surface area contributed by atoms with Crippen LogP contribution < -0.4 is 15.4 Å². The molecule has 0 unspecified atom stereocenters. The first-order valence-electron chi connectivity index (χ1n) is 8.44. The molecule has 9 heteroatoms. The van der Waals surface area contributed by atoms with Crippen molar-refractivity contribution in [3.05, 3.63) is 40.8 Å². The van der Waals surface area contributed by atoms with Gasteiger partial charge in [0.15, 0.2) is 5.82 Å². The summed E-state index contributed by atoms with van der Waals surface area (Å²) < 4.78 is 11.1. The number of nitrogens with zero attached hydrogens (tertiary/aromatic N) is 3. The Bertz CT molecular complexity index is 736. The average Bonchev–Trinajstić information content (AvgIpc) is 2.65. The van der Waals surface area contributed by atoms with Gasteiger partial charge in [-0.15, -0.1) is 0 Å². The number of anilines is 2. The zero-order chi connectivity index (χ0) is 19.6. The maximum absolute atomic E-state index is 11.9. The Hall–Kier alpha value is -2.23. The number of morpholine rings is 1. The van der Waals surface area contributed by atoms with E-state index in [0.717, 1.165) is 36.5 Å². The molecule has 0 radical (unpaired) electrons. The highest BCUT2D eigenvalue weighted by Gasteiger charge is 2.09. The van der Waals surface area contributed by atoms with E-state index in [4.69, 9.17) is 9.47 Å². The van der Waals surface area contributed by atoms with E-state index in [-0.39, 0.29) is 0 Å². The van der Waals surface area contributed by atoms with Crippen molar-refractivity contribution < 1.29 is 14.3 Å². The highest BCUT2D eigenvalue weighted by atomic mass is 79.9. The number of halogens is 1. The summed E-state index contributed by atoms with van der Waals surface area (Å²) in [7, 11) is 3.65. The van der Waals surface area contributed by atoms with Gasteiger partial charge >= 0.3 is 6.03 Å². The molecule has 2 amide bonds. The van der Waals surface area contributed by atoms with E-state index in [0.29, 0.717) is 17.3 Å². The second-order valence-electron chi connectivity index (χ2n) is 5.88. The number of urea groups is 1. The van der Waals surface area contributed by atoms with E-state index in [1.54, 1.807) is 18.3 Å². The van der Waals surface area contributed by atoms with Crippen LogP contribution in [0.4, 0.5) is 16.3 Å². The highest BCUT2D eigenvalue weighted by Crippen LogP contribution is 2.27. The van der Waals surface area contributed by atoms with Gasteiger partial charge in [-0.25, -0.2) is 9.78 Å². The normalized spacial score (nSPS) is 13.9. The molecule has 1 fully saturated rings. The summed E-state index contributed by atoms with van der Waals surface area (Å²) in [6.07, 6.45) is 3.07. The summed E-state index contributed by atoms with van der Waals surface area (Å²) in [5.41, 5.74) is 1.34. The van der Waals surface area contributed by atoms with Crippen molar-refractivity contribution in [3.63, 3.8) is 0 Å². The van der Waals surface area contributed by atoms with Crippen LogP contribution in [0.3, 0.4) is 0 Å². The smallest absolute Gasteiger partial charge is 0.325 e. The molecule has 3 rings (SSSR count). The molecule has 0 aliphatic carbocycles. The fourth-order valence-electron chi connectivity index (χ4n) is 2.16. The average molecular weight is 438 g/mol. The Kier molecular flexibility index (Phi) is 8.43. The van der Waals surface area contributed by atoms with Gasteiger partial charge in [-0.1, -0.05) is 15.9 Å². The molecule has 2 heterocycles. The zero-order valence-corrected chi connectivity index (χ0v) is 17.2. The zero-order valence-electron chi connectivity index (χ0n) is 15.7. The summed E-state index contributed by atoms with van der Waals surface area (Å²) >= 11 is 3.34. The fraction of sp³-hybridized carbons (Fsp3) is 0.389. The van der Waals surface area contributed by atoms with Gasteiger partial charge in [-0.05, 0) is 32.2 Å². The Labute approximate surface area is 167 Å². The number of methoxy groups -OCH3 is 1. The first kappa shape index (κ1) is 21.1. The van der Waals surface area contributed by atoms with Crippen LogP contribution in [-0.4, -0.2) is 61.4 Å². The third kappa shape index (κ3) is 7.49. The molecule has 2 aromatic rings. The lowest BCUT2D eigenvalue weighted by molar-refractivity contribution is 0.0503. The SMILES string of the molecule is CN1CCOCC1.COc1ccc(Br)cc1NC(=O)Nc1cnc(C)cn1. The monoisotopic (exact) mass is 437 g/mol. The molecule has 1 aliphatic heterocycles. The van der Waals surface area contributed by atoms with Crippen molar-refractivity contribution in [1.29, 1.82) is 0 Å². The Morgan fingerprint density at radius 3 is 2.52 bits per heavy atom. The van der Waals surface area contributed by atoms with Crippen molar-refractivity contribution in [2.45, 2.75) is 6.92 Å². The summed E-state index contributed by atoms with van der Waals surface area (Å²) in [4.78, 5) is 22.2. The van der Waals surface area contributed by atoms with Gasteiger partial charge in [-0.3, -0.25) is 10.3 Å². The first-order valence-corrected chi connectivity index (χ1v) is 9.23. The maximum atomic E-state index is 11.9. The molecule has 146 valence electrons. The summed E-state index contributed by atoms with van der Waals surface area (Å²) in [6, 6.07) is 4.91. The quantitative estimate of drug-likeness (QED) is 0.766. The molecule has 1 aliphatic rings. The molecule has 1 aromatic carbocycles. The number of hydrogen-bond donors (Lipinski definition) is 2. The van der Waals surface area contributed by atoms with E-state index in [2.05, 4.69) is 48.5 Å². The molecule has 27 heavy (non-hydrogen) atoms. The van der Waals surface area contributed by atoms with Gasteiger partial charge in [-0.2, -0.15) is 0 Å². The second-order valence-corrected chi connectivity index (χ2v) is 6.80. The Morgan fingerprint density at radius 1 is 1.22 bits per heavy atom. The largest absolute Gasteiger partial charge is 0.495 e. The van der Waals surface area contributed by atoms with Crippen LogP contribution in [0, 0.1) is 6.92 Å². The molecular formula is C18H24BrN5O3. The van der Waals surface area contributed by atoms with Gasteiger partial charge in [0.05, 0.1) is 44.1 Å². The number of rotatable bonds is 3. The summed E-state index contributed by atoms with van der Waals surface area (Å²) in [5.74, 6) is 0.945. The van der Waals surface area contributed by atoms with Crippen molar-refractivity contribution in [2.24, 2.45) is 0 Å². The van der Waals surface area contributed by atoms with Gasteiger partial charge in [0.1, 0.15) is 5.75 Å². The van der Waals surface area contributed by atoms with Crippen LogP contribution in [0.5, 0.6) is 5.75 Å². The number of hydrogen-bond acceptors (Lipinski definition) is 6. The molecule has 0 atom stereocenters. The number of carbonyl (C=O) groups excluding carboxylic acids is 1. The van der Waals surface area contributed by atoms with Crippen LogP contribution in [0.15, 0.2) is 35.1 Å². The Balaban J connectivity index is 0.000000313. The maximum Gasteiger partial charge on any atom is 0.325 e. The molecule has 0 saturated carbocycles. The van der Waals surface area contributed by atoms with Crippen molar-refractivity contribution in [2.75, 3.05) is 51.1 Å². The third-order valence-corrected chi connectivity index (χ3v) is 4.16. The van der Waals surface area contributed by atoms with E-state index < -0.39 is 6.03 Å². The predicted octanol–water partition coefficient (Wildman–Crippen LogP) is 3.15. The van der Waals surface area contributed by atoms with Crippen molar-refractivity contribution in [3.8, 4) is 5.75 Å². The lowest BCUT2D eigenvalue weighted by atomic mass is 10.3. The highest BCUT2D eigenvalue weighted by molar-refractivity contribution is 9.10. The van der Waals surface area contributed by atoms with Gasteiger partial charge < -0.3 is 19.7 Å². The molecule has 8 nitrogen and oxygen atoms in total. The van der Waals surface area contributed by atoms with Crippen LogP contribution in [0.25, 0.3) is 0 Å². The Morgan fingerprint density at radius 2 is 1.96 bits per heavy atom. The molecule has 0 bridgehead atoms. The number of benzene rings is 1. The van der Waals surface area contributed by atoms with Gasteiger partial charge in [0.25, 0.3) is 0 Å². The predicted molar refractivity (Wildman–Crippen MR) is 108 cm³/mol. The molecule has 1 saturated heterocycles. The van der Waals surface area contributed by atoms with Crippen LogP contribution in [-0.2, 0) is 4.74 Å². The summed E-state index contributed by atoms with van der Waals surface area (Å²) in [6.45, 7) is 5.84. The number of carbonyl (C=O) groups is 1. The van der Waals surface area contributed by atoms with E-state index >= 15 is 0 Å². The standard InChI is InChI=1S/C13H13BrN4O2.C5H11NO/c1-8-6-16-12(7-15-8)18-13(19)17-10-5-9(14)3-4-11(10)20-2;1-6-2-4-7-5-3-6/h3-7H,1-2H3,(H2,16,17,18,19);2-5H2,1H3.